The Kier molecular flexibility index (Phi) is 9.69. The van der Waals surface area contributed by atoms with Crippen LogP contribution in [0.1, 0.15) is 86.1 Å². The second-order valence-electron chi connectivity index (χ2n) is 15.7. The normalized spacial score (nSPS) is 24.6. The average Bonchev–Trinajstić information content (AvgIpc) is 3.91. The first kappa shape index (κ1) is 36.3. The number of ether oxygens (including phenoxy) is 2. The van der Waals surface area contributed by atoms with Gasteiger partial charge in [0.2, 0.25) is 27.7 Å². The van der Waals surface area contributed by atoms with Crippen LogP contribution in [0.4, 0.5) is 4.79 Å². The van der Waals surface area contributed by atoms with E-state index < -0.39 is 73.8 Å². The number of carbonyl (C=O) groups is 4. The van der Waals surface area contributed by atoms with Crippen molar-refractivity contribution < 1.29 is 37.1 Å². The fraction of sp³-hybridized carbons (Fsp3) is 0.629. The van der Waals surface area contributed by atoms with Crippen LogP contribution in [0, 0.1) is 18.3 Å². The highest BCUT2D eigenvalue weighted by molar-refractivity contribution is 7.91. The topological polar surface area (TPSA) is 173 Å². The number of amides is 4. The van der Waals surface area contributed by atoms with E-state index in [1.807, 2.05) is 38.1 Å². The molecule has 5 rings (SSSR count). The van der Waals surface area contributed by atoms with Crippen molar-refractivity contribution in [3.8, 4) is 5.88 Å². The Labute approximate surface area is 288 Å². The van der Waals surface area contributed by atoms with Gasteiger partial charge in [-0.2, -0.15) is 0 Å². The minimum Gasteiger partial charge on any atom is -0.472 e. The molecule has 49 heavy (non-hydrogen) atoms. The van der Waals surface area contributed by atoms with Gasteiger partial charge in [-0.25, -0.2) is 18.2 Å². The lowest BCUT2D eigenvalue weighted by molar-refractivity contribution is -0.143. The largest absolute Gasteiger partial charge is 0.472 e. The standard InChI is InChI=1S/C35H49N5O8S/c1-9-22-18-35(22,31(43)39-49(45,46)24-12-13-24)38-28(41)26-17-23(47-29-25-16-20(2)10-11-21(25)14-15-36-29)19-40(26)30(42)27(33(3,4)5)37-32(44)48-34(6,7)8/h10-11,14-16,22-24,26-27H,9,12-13,17-19H2,1-8H3,(H,37,44)(H,38,41)(H,39,43)/t22-,23-,26+,27-,35-/m1/s1. The highest BCUT2D eigenvalue weighted by atomic mass is 32.2. The smallest absolute Gasteiger partial charge is 0.408 e. The molecule has 13 nitrogen and oxygen atoms in total. The van der Waals surface area contributed by atoms with E-state index in [1.165, 1.54) is 4.90 Å². The number of hydrogen-bond donors (Lipinski definition) is 3. The maximum absolute atomic E-state index is 14.4. The Bertz CT molecular complexity index is 1750. The first-order valence-electron chi connectivity index (χ1n) is 16.9. The summed E-state index contributed by atoms with van der Waals surface area (Å²) in [5, 5.41) is 6.66. The van der Waals surface area contributed by atoms with E-state index in [9.17, 15) is 27.6 Å². The van der Waals surface area contributed by atoms with Gasteiger partial charge in [0.25, 0.3) is 5.91 Å². The third kappa shape index (κ3) is 8.11. The summed E-state index contributed by atoms with van der Waals surface area (Å²) in [4.78, 5) is 60.8. The Morgan fingerprint density at radius 3 is 2.37 bits per heavy atom. The van der Waals surface area contributed by atoms with E-state index in [4.69, 9.17) is 9.47 Å². The molecule has 3 N–H and O–H groups in total. The van der Waals surface area contributed by atoms with Crippen LogP contribution in [0.2, 0.25) is 0 Å². The summed E-state index contributed by atoms with van der Waals surface area (Å²) in [5.41, 5.74) is -2.01. The van der Waals surface area contributed by atoms with E-state index in [1.54, 1.807) is 47.7 Å². The van der Waals surface area contributed by atoms with Crippen LogP contribution >= 0.6 is 0 Å². The second-order valence-corrected chi connectivity index (χ2v) is 17.7. The molecule has 2 saturated carbocycles. The zero-order chi connectivity index (χ0) is 36.1. The summed E-state index contributed by atoms with van der Waals surface area (Å²) in [6.07, 6.45) is 2.03. The molecule has 1 saturated heterocycles. The Balaban J connectivity index is 1.44. The molecule has 268 valence electrons. The van der Waals surface area contributed by atoms with Crippen molar-refractivity contribution >= 4 is 44.6 Å². The SMILES string of the molecule is CC[C@@H]1C[C@]1(NC(=O)[C@@H]1C[C@@H](Oc2nccc3ccc(C)cc23)CN1C(=O)[C@@H](NC(=O)OC(C)(C)C)C(C)(C)C)C(=O)NS(=O)(=O)C1CC1. The predicted molar refractivity (Wildman–Crippen MR) is 183 cm³/mol. The van der Waals surface area contributed by atoms with Crippen molar-refractivity contribution in [3.05, 3.63) is 36.0 Å². The fourth-order valence-electron chi connectivity index (χ4n) is 6.42. The van der Waals surface area contributed by atoms with Crippen molar-refractivity contribution in [2.24, 2.45) is 11.3 Å². The average molecular weight is 700 g/mol. The van der Waals surface area contributed by atoms with Crippen molar-refractivity contribution in [3.63, 3.8) is 0 Å². The van der Waals surface area contributed by atoms with Crippen LogP contribution in [-0.4, -0.2) is 83.2 Å². The van der Waals surface area contributed by atoms with Crippen molar-refractivity contribution in [1.29, 1.82) is 0 Å². The number of benzene rings is 1. The van der Waals surface area contributed by atoms with Crippen LogP contribution in [0.3, 0.4) is 0 Å². The number of hydrogen-bond acceptors (Lipinski definition) is 9. The van der Waals surface area contributed by atoms with Gasteiger partial charge in [-0.05, 0) is 75.8 Å². The van der Waals surface area contributed by atoms with Gasteiger partial charge < -0.3 is 25.0 Å². The highest BCUT2D eigenvalue weighted by Crippen LogP contribution is 2.47. The molecule has 3 fully saturated rings. The minimum absolute atomic E-state index is 0.00412. The number of rotatable bonds is 10. The van der Waals surface area contributed by atoms with Crippen LogP contribution in [0.5, 0.6) is 5.88 Å². The first-order chi connectivity index (χ1) is 22.7. The van der Waals surface area contributed by atoms with Crippen LogP contribution < -0.4 is 20.1 Å². The highest BCUT2D eigenvalue weighted by Gasteiger charge is 2.62. The molecule has 0 radical (unpaired) electrons. The molecule has 0 unspecified atom stereocenters. The number of nitrogens with zero attached hydrogens (tertiary/aromatic N) is 2. The van der Waals surface area contributed by atoms with Crippen molar-refractivity contribution in [2.45, 2.75) is 122 Å². The Morgan fingerprint density at radius 2 is 1.78 bits per heavy atom. The molecular weight excluding hydrogens is 650 g/mol. The molecule has 1 aromatic carbocycles. The maximum Gasteiger partial charge on any atom is 0.408 e. The molecule has 1 aromatic heterocycles. The van der Waals surface area contributed by atoms with E-state index in [2.05, 4.69) is 20.3 Å². The molecule has 2 aromatic rings. The fourth-order valence-corrected chi connectivity index (χ4v) is 7.78. The van der Waals surface area contributed by atoms with Gasteiger partial charge in [0.1, 0.15) is 29.3 Å². The van der Waals surface area contributed by atoms with Crippen molar-refractivity contribution in [1.82, 2.24) is 25.2 Å². The lowest BCUT2D eigenvalue weighted by Crippen LogP contribution is -2.60. The number of carbonyl (C=O) groups excluding carboxylic acids is 4. The Hall–Kier alpha value is -3.94. The summed E-state index contributed by atoms with van der Waals surface area (Å²) in [5.74, 6) is -1.82. The predicted octanol–water partition coefficient (Wildman–Crippen LogP) is 3.72. The number of nitrogens with one attached hydrogen (secondary N) is 3. The Morgan fingerprint density at radius 1 is 1.08 bits per heavy atom. The maximum atomic E-state index is 14.4. The van der Waals surface area contributed by atoms with Gasteiger partial charge >= 0.3 is 6.09 Å². The van der Waals surface area contributed by atoms with E-state index in [0.717, 1.165) is 16.3 Å². The second kappa shape index (κ2) is 13.1. The van der Waals surface area contributed by atoms with Gasteiger partial charge in [-0.15, -0.1) is 0 Å². The number of aryl methyl sites for hydroxylation is 1. The monoisotopic (exact) mass is 699 g/mol. The molecule has 14 heteroatoms. The molecule has 4 amide bonds. The lowest BCUT2D eigenvalue weighted by atomic mass is 9.85. The first-order valence-corrected chi connectivity index (χ1v) is 18.5. The molecule has 3 aliphatic rings. The summed E-state index contributed by atoms with van der Waals surface area (Å²) in [6, 6.07) is 5.59. The number of fused-ring (bicyclic) bond motifs is 1. The number of likely N-dealkylation sites (tertiary alicyclic amines) is 1. The molecular formula is C35H49N5O8S. The van der Waals surface area contributed by atoms with E-state index >= 15 is 0 Å². The van der Waals surface area contributed by atoms with Gasteiger partial charge in [0.15, 0.2) is 0 Å². The number of aromatic nitrogens is 1. The van der Waals surface area contributed by atoms with E-state index in [-0.39, 0.29) is 25.3 Å². The number of sulfonamides is 1. The summed E-state index contributed by atoms with van der Waals surface area (Å²) in [7, 11) is -3.85. The van der Waals surface area contributed by atoms with Gasteiger partial charge in [0.05, 0.1) is 11.8 Å². The van der Waals surface area contributed by atoms with Crippen LogP contribution in [0.25, 0.3) is 10.8 Å². The quantitative estimate of drug-likeness (QED) is 0.334. The third-order valence-corrected chi connectivity index (χ3v) is 11.2. The van der Waals surface area contributed by atoms with Gasteiger partial charge in [0, 0.05) is 18.0 Å². The summed E-state index contributed by atoms with van der Waals surface area (Å²) in [6.45, 7) is 14.4. The summed E-state index contributed by atoms with van der Waals surface area (Å²) < 4.78 is 39.4. The van der Waals surface area contributed by atoms with Crippen molar-refractivity contribution in [2.75, 3.05) is 6.54 Å². The van der Waals surface area contributed by atoms with Crippen LogP contribution in [0.15, 0.2) is 30.5 Å². The van der Waals surface area contributed by atoms with Crippen LogP contribution in [-0.2, 0) is 29.1 Å². The lowest BCUT2D eigenvalue weighted by Gasteiger charge is -2.36. The number of alkyl carbamates (subject to hydrolysis) is 1. The molecule has 0 bridgehead atoms. The summed E-state index contributed by atoms with van der Waals surface area (Å²) >= 11 is 0. The molecule has 1 aliphatic heterocycles. The minimum atomic E-state index is -3.85. The molecule has 0 spiro atoms. The van der Waals surface area contributed by atoms with Gasteiger partial charge in [-0.3, -0.25) is 19.1 Å². The zero-order valence-electron chi connectivity index (χ0n) is 29.6. The molecule has 5 atom stereocenters. The van der Waals surface area contributed by atoms with Gasteiger partial charge in [-0.1, -0.05) is 51.8 Å². The van der Waals surface area contributed by atoms with E-state index in [0.29, 0.717) is 25.1 Å². The molecule has 2 aliphatic carbocycles. The number of pyridine rings is 1. The third-order valence-electron chi connectivity index (χ3n) is 9.33. The molecule has 2 heterocycles. The zero-order valence-corrected chi connectivity index (χ0v) is 30.4.